The fourth-order valence-electron chi connectivity index (χ4n) is 2.03. The van der Waals surface area contributed by atoms with Gasteiger partial charge >= 0.3 is 0 Å². The van der Waals surface area contributed by atoms with E-state index in [-0.39, 0.29) is 11.9 Å². The van der Waals surface area contributed by atoms with Gasteiger partial charge in [0.05, 0.1) is 0 Å². The van der Waals surface area contributed by atoms with Gasteiger partial charge in [-0.25, -0.2) is 4.39 Å². The Bertz CT molecular complexity index is 536. The van der Waals surface area contributed by atoms with E-state index in [1.807, 2.05) is 30.3 Å². The molecular formula is C15H14BrClFN. The maximum Gasteiger partial charge on any atom is 0.124 e. The molecule has 0 aliphatic heterocycles. The summed E-state index contributed by atoms with van der Waals surface area (Å²) in [5.74, 6) is -0.247. The quantitative estimate of drug-likeness (QED) is 0.878. The lowest BCUT2D eigenvalue weighted by Crippen LogP contribution is -2.25. The summed E-state index contributed by atoms with van der Waals surface area (Å²) in [6, 6.07) is 12.4. The highest BCUT2D eigenvalue weighted by Crippen LogP contribution is 2.17. The number of nitrogens with two attached hydrogens (primary N) is 1. The Labute approximate surface area is 125 Å². The third kappa shape index (κ3) is 4.60. The van der Waals surface area contributed by atoms with Crippen molar-refractivity contribution in [3.63, 3.8) is 0 Å². The van der Waals surface area contributed by atoms with Crippen LogP contribution < -0.4 is 5.73 Å². The van der Waals surface area contributed by atoms with Crippen LogP contribution in [-0.4, -0.2) is 6.04 Å². The number of halogens is 3. The van der Waals surface area contributed by atoms with Crippen LogP contribution >= 0.6 is 27.5 Å². The van der Waals surface area contributed by atoms with E-state index in [1.165, 1.54) is 12.1 Å². The molecule has 4 heteroatoms. The molecule has 1 atom stereocenters. The molecule has 0 saturated heterocycles. The van der Waals surface area contributed by atoms with Crippen molar-refractivity contribution in [1.29, 1.82) is 0 Å². The molecule has 2 rings (SSSR count). The molecule has 100 valence electrons. The third-order valence-electron chi connectivity index (χ3n) is 2.83. The van der Waals surface area contributed by atoms with Crippen LogP contribution in [0.5, 0.6) is 0 Å². The molecule has 2 N–H and O–H groups in total. The van der Waals surface area contributed by atoms with Gasteiger partial charge in [0.1, 0.15) is 5.82 Å². The van der Waals surface area contributed by atoms with Crippen LogP contribution in [0, 0.1) is 5.82 Å². The van der Waals surface area contributed by atoms with Crippen LogP contribution in [0.3, 0.4) is 0 Å². The van der Waals surface area contributed by atoms with Crippen molar-refractivity contribution in [2.24, 2.45) is 5.73 Å². The van der Waals surface area contributed by atoms with E-state index < -0.39 is 0 Å². The lowest BCUT2D eigenvalue weighted by Gasteiger charge is -2.12. The Hall–Kier alpha value is -0.900. The van der Waals surface area contributed by atoms with Crippen molar-refractivity contribution in [2.75, 3.05) is 0 Å². The zero-order chi connectivity index (χ0) is 13.8. The summed E-state index contributed by atoms with van der Waals surface area (Å²) in [6.07, 6.45) is 1.38. The number of hydrogen-bond donors (Lipinski definition) is 1. The summed E-state index contributed by atoms with van der Waals surface area (Å²) in [5.41, 5.74) is 8.13. The molecule has 0 amide bonds. The summed E-state index contributed by atoms with van der Waals surface area (Å²) in [5, 5.41) is 0.714. The molecule has 0 saturated carbocycles. The van der Waals surface area contributed by atoms with Crippen molar-refractivity contribution in [3.05, 3.63) is 68.9 Å². The molecule has 0 aromatic heterocycles. The zero-order valence-electron chi connectivity index (χ0n) is 10.2. The molecule has 0 fully saturated rings. The van der Waals surface area contributed by atoms with Gasteiger partial charge in [-0.15, -0.1) is 0 Å². The lowest BCUT2D eigenvalue weighted by atomic mass is 10.00. The highest BCUT2D eigenvalue weighted by Gasteiger charge is 2.07. The summed E-state index contributed by atoms with van der Waals surface area (Å²) in [4.78, 5) is 0. The SMILES string of the molecule is NC(Cc1ccc(Cl)cc1)Cc1cc(F)cc(Br)c1. The van der Waals surface area contributed by atoms with E-state index >= 15 is 0 Å². The highest BCUT2D eigenvalue weighted by molar-refractivity contribution is 9.10. The summed E-state index contributed by atoms with van der Waals surface area (Å²) in [6.45, 7) is 0. The van der Waals surface area contributed by atoms with Crippen LogP contribution in [0.2, 0.25) is 5.02 Å². The van der Waals surface area contributed by atoms with E-state index in [0.717, 1.165) is 22.0 Å². The second kappa shape index (κ2) is 6.51. The normalized spacial score (nSPS) is 12.4. The summed E-state index contributed by atoms with van der Waals surface area (Å²) >= 11 is 9.12. The minimum Gasteiger partial charge on any atom is -0.327 e. The predicted molar refractivity (Wildman–Crippen MR) is 80.9 cm³/mol. The van der Waals surface area contributed by atoms with Crippen molar-refractivity contribution < 1.29 is 4.39 Å². The van der Waals surface area contributed by atoms with Gasteiger partial charge in [-0.2, -0.15) is 0 Å². The molecule has 0 aliphatic rings. The minimum atomic E-state index is -0.247. The van der Waals surface area contributed by atoms with Crippen LogP contribution in [0.1, 0.15) is 11.1 Å². The van der Waals surface area contributed by atoms with Gasteiger partial charge in [-0.05, 0) is 54.3 Å². The minimum absolute atomic E-state index is 0.0464. The molecule has 0 spiro atoms. The van der Waals surface area contributed by atoms with Crippen molar-refractivity contribution in [3.8, 4) is 0 Å². The number of hydrogen-bond acceptors (Lipinski definition) is 1. The highest BCUT2D eigenvalue weighted by atomic mass is 79.9. The Morgan fingerprint density at radius 1 is 1.05 bits per heavy atom. The van der Waals surface area contributed by atoms with Gasteiger partial charge in [-0.1, -0.05) is 39.7 Å². The van der Waals surface area contributed by atoms with Crippen molar-refractivity contribution >= 4 is 27.5 Å². The summed E-state index contributed by atoms with van der Waals surface area (Å²) in [7, 11) is 0. The molecular weight excluding hydrogens is 329 g/mol. The van der Waals surface area contributed by atoms with E-state index in [0.29, 0.717) is 11.4 Å². The molecule has 19 heavy (non-hydrogen) atoms. The van der Waals surface area contributed by atoms with Gasteiger partial charge in [0.25, 0.3) is 0 Å². The first-order valence-corrected chi connectivity index (χ1v) is 7.15. The zero-order valence-corrected chi connectivity index (χ0v) is 12.6. The van der Waals surface area contributed by atoms with E-state index in [9.17, 15) is 4.39 Å². The first-order valence-electron chi connectivity index (χ1n) is 5.98. The predicted octanol–water partition coefficient (Wildman–Crippen LogP) is 4.35. The van der Waals surface area contributed by atoms with Crippen molar-refractivity contribution in [1.82, 2.24) is 0 Å². The molecule has 1 unspecified atom stereocenters. The first-order chi connectivity index (χ1) is 9.02. The molecule has 0 bridgehead atoms. The molecule has 2 aromatic carbocycles. The summed E-state index contributed by atoms with van der Waals surface area (Å²) < 4.78 is 14.0. The maximum atomic E-state index is 13.3. The fourth-order valence-corrected chi connectivity index (χ4v) is 2.67. The maximum absolute atomic E-state index is 13.3. The largest absolute Gasteiger partial charge is 0.327 e. The molecule has 0 heterocycles. The second-order valence-electron chi connectivity index (χ2n) is 4.57. The van der Waals surface area contributed by atoms with E-state index in [1.54, 1.807) is 0 Å². The molecule has 2 aromatic rings. The molecule has 0 aliphatic carbocycles. The first kappa shape index (κ1) is 14.5. The van der Waals surface area contributed by atoms with Crippen molar-refractivity contribution in [2.45, 2.75) is 18.9 Å². The van der Waals surface area contributed by atoms with Crippen LogP contribution in [0.4, 0.5) is 4.39 Å². The molecule has 1 nitrogen and oxygen atoms in total. The van der Waals surface area contributed by atoms with Gasteiger partial charge in [0.15, 0.2) is 0 Å². The molecule has 0 radical (unpaired) electrons. The Morgan fingerprint density at radius 2 is 1.68 bits per heavy atom. The fraction of sp³-hybridized carbons (Fsp3) is 0.200. The van der Waals surface area contributed by atoms with E-state index in [2.05, 4.69) is 15.9 Å². The average Bonchev–Trinajstić information content (AvgIpc) is 2.30. The number of rotatable bonds is 4. The Morgan fingerprint density at radius 3 is 2.32 bits per heavy atom. The lowest BCUT2D eigenvalue weighted by molar-refractivity contribution is 0.617. The Kier molecular flexibility index (Phi) is 4.97. The standard InChI is InChI=1S/C15H14BrClFN/c16-12-5-11(6-14(18)9-12)8-15(19)7-10-1-3-13(17)4-2-10/h1-6,9,15H,7-8,19H2. The monoisotopic (exact) mass is 341 g/mol. The van der Waals surface area contributed by atoms with Gasteiger partial charge in [-0.3, -0.25) is 0 Å². The van der Waals surface area contributed by atoms with Crippen LogP contribution in [0.15, 0.2) is 46.9 Å². The Balaban J connectivity index is 2.00. The average molecular weight is 343 g/mol. The van der Waals surface area contributed by atoms with Gasteiger partial charge in [0, 0.05) is 15.5 Å². The number of benzene rings is 2. The van der Waals surface area contributed by atoms with Crippen LogP contribution in [0.25, 0.3) is 0 Å². The van der Waals surface area contributed by atoms with Crippen LogP contribution in [-0.2, 0) is 12.8 Å². The van der Waals surface area contributed by atoms with Gasteiger partial charge in [0.2, 0.25) is 0 Å². The third-order valence-corrected chi connectivity index (χ3v) is 3.54. The second-order valence-corrected chi connectivity index (χ2v) is 5.92. The smallest absolute Gasteiger partial charge is 0.124 e. The topological polar surface area (TPSA) is 26.0 Å². The van der Waals surface area contributed by atoms with Gasteiger partial charge < -0.3 is 5.73 Å². The van der Waals surface area contributed by atoms with E-state index in [4.69, 9.17) is 17.3 Å².